The maximum atomic E-state index is 12.3. The lowest BCUT2D eigenvalue weighted by atomic mass is 10.1. The SMILES string of the molecule is OC(Cc1ccc(-c2cnn(-c3ccncc3)c2)cn1)C(F)(F)F. The molecule has 1 atom stereocenters. The number of rotatable bonds is 4. The Morgan fingerprint density at radius 1 is 1.04 bits per heavy atom. The maximum absolute atomic E-state index is 12.3. The molecule has 0 radical (unpaired) electrons. The Labute approximate surface area is 135 Å². The summed E-state index contributed by atoms with van der Waals surface area (Å²) in [6, 6.07) is 6.72. The Bertz CT molecular complexity index is 800. The number of aliphatic hydroxyl groups excluding tert-OH is 1. The number of halogens is 3. The molecule has 0 spiro atoms. The van der Waals surface area contributed by atoms with Gasteiger partial charge < -0.3 is 5.11 Å². The molecule has 0 aliphatic heterocycles. The van der Waals surface area contributed by atoms with Crippen LogP contribution in [0.5, 0.6) is 0 Å². The highest BCUT2D eigenvalue weighted by Gasteiger charge is 2.38. The largest absolute Gasteiger partial charge is 0.414 e. The van der Waals surface area contributed by atoms with E-state index in [1.165, 1.54) is 12.3 Å². The Kier molecular flexibility index (Phi) is 4.30. The molecule has 5 nitrogen and oxygen atoms in total. The van der Waals surface area contributed by atoms with Crippen molar-refractivity contribution in [3.8, 4) is 16.8 Å². The summed E-state index contributed by atoms with van der Waals surface area (Å²) in [5.41, 5.74) is 2.52. The molecule has 0 aliphatic carbocycles. The molecule has 0 aromatic carbocycles. The normalized spacial score (nSPS) is 13.0. The fraction of sp³-hybridized carbons (Fsp3) is 0.188. The first kappa shape index (κ1) is 16.1. The highest BCUT2D eigenvalue weighted by Crippen LogP contribution is 2.24. The van der Waals surface area contributed by atoms with Crippen LogP contribution in [0.25, 0.3) is 16.8 Å². The highest BCUT2D eigenvalue weighted by molar-refractivity contribution is 5.61. The predicted molar refractivity (Wildman–Crippen MR) is 80.4 cm³/mol. The Morgan fingerprint density at radius 2 is 1.79 bits per heavy atom. The lowest BCUT2D eigenvalue weighted by Crippen LogP contribution is -2.30. The number of hydrogen-bond acceptors (Lipinski definition) is 4. The van der Waals surface area contributed by atoms with Crippen LogP contribution in [0.3, 0.4) is 0 Å². The summed E-state index contributed by atoms with van der Waals surface area (Å²) in [5.74, 6) is 0. The van der Waals surface area contributed by atoms with Crippen molar-refractivity contribution in [3.05, 3.63) is 60.9 Å². The van der Waals surface area contributed by atoms with Gasteiger partial charge in [0.05, 0.1) is 11.9 Å². The van der Waals surface area contributed by atoms with Crippen molar-refractivity contribution >= 4 is 0 Å². The fourth-order valence-corrected chi connectivity index (χ4v) is 2.14. The summed E-state index contributed by atoms with van der Waals surface area (Å²) in [4.78, 5) is 7.92. The molecule has 24 heavy (non-hydrogen) atoms. The average molecular weight is 334 g/mol. The molecule has 1 N–H and O–H groups in total. The van der Waals surface area contributed by atoms with Crippen molar-refractivity contribution in [1.29, 1.82) is 0 Å². The number of aliphatic hydroxyl groups is 1. The fourth-order valence-electron chi connectivity index (χ4n) is 2.14. The number of pyridine rings is 2. The Morgan fingerprint density at radius 3 is 2.42 bits per heavy atom. The van der Waals surface area contributed by atoms with Crippen molar-refractivity contribution in [1.82, 2.24) is 19.7 Å². The van der Waals surface area contributed by atoms with Crippen LogP contribution < -0.4 is 0 Å². The monoisotopic (exact) mass is 334 g/mol. The number of hydrogen-bond donors (Lipinski definition) is 1. The van der Waals surface area contributed by atoms with E-state index < -0.39 is 18.7 Å². The molecule has 0 saturated heterocycles. The molecule has 0 amide bonds. The third-order valence-electron chi connectivity index (χ3n) is 3.45. The van der Waals surface area contributed by atoms with E-state index in [1.54, 1.807) is 47.7 Å². The van der Waals surface area contributed by atoms with Crippen LogP contribution in [-0.2, 0) is 6.42 Å². The summed E-state index contributed by atoms with van der Waals surface area (Å²) >= 11 is 0. The molecule has 0 aliphatic rings. The van der Waals surface area contributed by atoms with Crippen molar-refractivity contribution in [2.24, 2.45) is 0 Å². The molecule has 0 bridgehead atoms. The molecule has 124 valence electrons. The smallest absolute Gasteiger partial charge is 0.383 e. The summed E-state index contributed by atoms with van der Waals surface area (Å²) < 4.78 is 38.7. The summed E-state index contributed by atoms with van der Waals surface area (Å²) in [5, 5.41) is 13.3. The van der Waals surface area contributed by atoms with Crippen LogP contribution in [0.1, 0.15) is 5.69 Å². The van der Waals surface area contributed by atoms with Crippen LogP contribution in [0.2, 0.25) is 0 Å². The highest BCUT2D eigenvalue weighted by atomic mass is 19.4. The third-order valence-corrected chi connectivity index (χ3v) is 3.45. The number of nitrogens with zero attached hydrogens (tertiary/aromatic N) is 4. The molecule has 3 aromatic rings. The molecule has 0 saturated carbocycles. The van der Waals surface area contributed by atoms with Gasteiger partial charge in [-0.25, -0.2) is 4.68 Å². The second-order valence-electron chi connectivity index (χ2n) is 5.18. The van der Waals surface area contributed by atoms with Gasteiger partial charge in [-0.3, -0.25) is 9.97 Å². The van der Waals surface area contributed by atoms with Crippen molar-refractivity contribution in [2.75, 3.05) is 0 Å². The molecule has 3 heterocycles. The van der Waals surface area contributed by atoms with Gasteiger partial charge in [0, 0.05) is 48.0 Å². The lowest BCUT2D eigenvalue weighted by molar-refractivity contribution is -0.203. The average Bonchev–Trinajstić information content (AvgIpc) is 3.05. The minimum atomic E-state index is -4.65. The zero-order valence-electron chi connectivity index (χ0n) is 12.4. The number of aromatic nitrogens is 4. The van der Waals surface area contributed by atoms with Crippen molar-refractivity contribution < 1.29 is 18.3 Å². The molecule has 0 fully saturated rings. The molecular weight excluding hydrogens is 321 g/mol. The van der Waals surface area contributed by atoms with E-state index in [4.69, 9.17) is 5.11 Å². The summed E-state index contributed by atoms with van der Waals surface area (Å²) in [7, 11) is 0. The van der Waals surface area contributed by atoms with E-state index in [1.807, 2.05) is 0 Å². The van der Waals surface area contributed by atoms with Crippen molar-refractivity contribution in [3.63, 3.8) is 0 Å². The Balaban J connectivity index is 1.76. The van der Waals surface area contributed by atoms with Gasteiger partial charge in [-0.1, -0.05) is 6.07 Å². The summed E-state index contributed by atoms with van der Waals surface area (Å²) in [6.45, 7) is 0. The van der Waals surface area contributed by atoms with Gasteiger partial charge in [0.25, 0.3) is 0 Å². The lowest BCUT2D eigenvalue weighted by Gasteiger charge is -2.13. The topological polar surface area (TPSA) is 63.8 Å². The quantitative estimate of drug-likeness (QED) is 0.797. The van der Waals surface area contributed by atoms with Crippen LogP contribution in [-0.4, -0.2) is 37.1 Å². The van der Waals surface area contributed by atoms with Gasteiger partial charge in [0.1, 0.15) is 0 Å². The first-order chi connectivity index (χ1) is 11.4. The van der Waals surface area contributed by atoms with E-state index in [0.717, 1.165) is 16.8 Å². The van der Waals surface area contributed by atoms with E-state index in [-0.39, 0.29) is 5.69 Å². The van der Waals surface area contributed by atoms with Gasteiger partial charge >= 0.3 is 6.18 Å². The molecular formula is C16H13F3N4O. The second-order valence-corrected chi connectivity index (χ2v) is 5.18. The van der Waals surface area contributed by atoms with Crippen molar-refractivity contribution in [2.45, 2.75) is 18.7 Å². The standard InChI is InChI=1S/C16H13F3N4O/c17-16(18,19)15(24)7-13-2-1-11(8-21-13)12-9-22-23(10-12)14-3-5-20-6-4-14/h1-6,8-10,15,24H,7H2. The van der Waals surface area contributed by atoms with E-state index in [0.29, 0.717) is 0 Å². The maximum Gasteiger partial charge on any atom is 0.414 e. The second kappa shape index (κ2) is 6.40. The van der Waals surface area contributed by atoms with Gasteiger partial charge in [-0.2, -0.15) is 18.3 Å². The summed E-state index contributed by atoms with van der Waals surface area (Å²) in [6.07, 6.45) is 0.569. The van der Waals surface area contributed by atoms with E-state index >= 15 is 0 Å². The molecule has 3 rings (SSSR count). The molecule has 1 unspecified atom stereocenters. The number of alkyl halides is 3. The minimum absolute atomic E-state index is 0.171. The zero-order chi connectivity index (χ0) is 17.2. The third kappa shape index (κ3) is 3.60. The molecule has 3 aromatic heterocycles. The van der Waals surface area contributed by atoms with Crippen LogP contribution >= 0.6 is 0 Å². The van der Waals surface area contributed by atoms with Crippen LogP contribution in [0.4, 0.5) is 13.2 Å². The van der Waals surface area contributed by atoms with Gasteiger partial charge in [-0.05, 0) is 18.2 Å². The first-order valence-corrected chi connectivity index (χ1v) is 7.08. The zero-order valence-corrected chi connectivity index (χ0v) is 12.4. The van der Waals surface area contributed by atoms with Gasteiger partial charge in [0.2, 0.25) is 0 Å². The van der Waals surface area contributed by atoms with Crippen LogP contribution in [0, 0.1) is 0 Å². The molecule has 8 heteroatoms. The first-order valence-electron chi connectivity index (χ1n) is 7.08. The van der Waals surface area contributed by atoms with Crippen LogP contribution in [0.15, 0.2) is 55.2 Å². The Hall–Kier alpha value is -2.74. The predicted octanol–water partition coefficient (Wildman–Crippen LogP) is 2.80. The van der Waals surface area contributed by atoms with Gasteiger partial charge in [-0.15, -0.1) is 0 Å². The van der Waals surface area contributed by atoms with E-state index in [9.17, 15) is 13.2 Å². The minimum Gasteiger partial charge on any atom is -0.383 e. The van der Waals surface area contributed by atoms with E-state index in [2.05, 4.69) is 15.1 Å². The van der Waals surface area contributed by atoms with Gasteiger partial charge in [0.15, 0.2) is 6.10 Å².